The van der Waals surface area contributed by atoms with Crippen LogP contribution in [0.2, 0.25) is 0 Å². The Morgan fingerprint density at radius 2 is 1.92 bits per heavy atom. The lowest BCUT2D eigenvalue weighted by atomic mass is 10.2. The van der Waals surface area contributed by atoms with Crippen molar-refractivity contribution in [3.63, 3.8) is 0 Å². The van der Waals surface area contributed by atoms with Crippen LogP contribution in [-0.2, 0) is 10.7 Å². The van der Waals surface area contributed by atoms with Gasteiger partial charge in [0.05, 0.1) is 7.14 Å². The Morgan fingerprint density at radius 1 is 1.33 bits per heavy atom. The molecule has 12 heavy (non-hydrogen) atoms. The van der Waals surface area contributed by atoms with Gasteiger partial charge in [0.2, 0.25) is 0 Å². The van der Waals surface area contributed by atoms with Crippen molar-refractivity contribution in [1.82, 2.24) is 0 Å². The predicted molar refractivity (Wildman–Crippen MR) is 51.3 cm³/mol. The Bertz CT molecular complexity index is 314. The lowest BCUT2D eigenvalue weighted by Gasteiger charge is -2.07. The van der Waals surface area contributed by atoms with Gasteiger partial charge in [0, 0.05) is 11.7 Å². The van der Waals surface area contributed by atoms with E-state index >= 15 is 0 Å². The molecule has 0 saturated carbocycles. The lowest BCUT2D eigenvalue weighted by molar-refractivity contribution is 0.470. The van der Waals surface area contributed by atoms with Crippen LogP contribution < -0.4 is 0 Å². The summed E-state index contributed by atoms with van der Waals surface area (Å²) < 4.78 is 11.4. The predicted octanol–water partition coefficient (Wildman–Crippen LogP) is 2.51. The molecular formula is C9H13O2P. The SMILES string of the molecule is CP(C)(=O)Cc1ccccc1O. The van der Waals surface area contributed by atoms with Crippen LogP contribution in [0.1, 0.15) is 5.56 Å². The Morgan fingerprint density at radius 3 is 2.42 bits per heavy atom. The molecular weight excluding hydrogens is 171 g/mol. The smallest absolute Gasteiger partial charge is 0.119 e. The van der Waals surface area contributed by atoms with E-state index in [1.54, 1.807) is 31.5 Å². The topological polar surface area (TPSA) is 37.3 Å². The van der Waals surface area contributed by atoms with E-state index in [4.69, 9.17) is 0 Å². The number of hydrogen-bond donors (Lipinski definition) is 1. The zero-order chi connectivity index (χ0) is 9.19. The summed E-state index contributed by atoms with van der Waals surface area (Å²) in [6, 6.07) is 7.01. The van der Waals surface area contributed by atoms with Crippen LogP contribution in [0.4, 0.5) is 0 Å². The van der Waals surface area contributed by atoms with Crippen molar-refractivity contribution >= 4 is 7.14 Å². The van der Waals surface area contributed by atoms with Crippen molar-refractivity contribution in [2.75, 3.05) is 13.3 Å². The molecule has 1 rings (SSSR count). The van der Waals surface area contributed by atoms with E-state index in [0.29, 0.717) is 6.16 Å². The molecule has 0 aliphatic heterocycles. The number of rotatable bonds is 2. The van der Waals surface area contributed by atoms with Crippen molar-refractivity contribution in [2.45, 2.75) is 6.16 Å². The van der Waals surface area contributed by atoms with Crippen LogP contribution in [0.3, 0.4) is 0 Å². The molecule has 0 atom stereocenters. The van der Waals surface area contributed by atoms with Gasteiger partial charge in [-0.15, -0.1) is 0 Å². The average Bonchev–Trinajstić information content (AvgIpc) is 1.91. The van der Waals surface area contributed by atoms with E-state index in [1.165, 1.54) is 0 Å². The second kappa shape index (κ2) is 3.32. The molecule has 0 unspecified atom stereocenters. The first-order valence-corrected chi connectivity index (χ1v) is 6.58. The Balaban J connectivity index is 2.90. The monoisotopic (exact) mass is 184 g/mol. The van der Waals surface area contributed by atoms with Crippen molar-refractivity contribution < 1.29 is 9.67 Å². The van der Waals surface area contributed by atoms with Gasteiger partial charge in [-0.3, -0.25) is 0 Å². The summed E-state index contributed by atoms with van der Waals surface area (Å²) in [5, 5.41) is 9.35. The van der Waals surface area contributed by atoms with Gasteiger partial charge in [0.15, 0.2) is 0 Å². The summed E-state index contributed by atoms with van der Waals surface area (Å²) >= 11 is 0. The molecule has 0 aromatic heterocycles. The Labute approximate surface area is 72.6 Å². The van der Waals surface area contributed by atoms with E-state index in [9.17, 15) is 9.67 Å². The largest absolute Gasteiger partial charge is 0.508 e. The molecule has 0 aliphatic carbocycles. The number of hydrogen-bond acceptors (Lipinski definition) is 2. The van der Waals surface area contributed by atoms with Crippen LogP contribution in [0.15, 0.2) is 24.3 Å². The molecule has 0 aliphatic rings. The van der Waals surface area contributed by atoms with Crippen molar-refractivity contribution in [2.24, 2.45) is 0 Å². The van der Waals surface area contributed by atoms with Gasteiger partial charge in [0.25, 0.3) is 0 Å². The number of phenols is 1. The van der Waals surface area contributed by atoms with E-state index in [0.717, 1.165) is 5.56 Å². The number of para-hydroxylation sites is 1. The number of aromatic hydroxyl groups is 1. The van der Waals surface area contributed by atoms with Crippen LogP contribution in [0.25, 0.3) is 0 Å². The quantitative estimate of drug-likeness (QED) is 0.717. The molecule has 2 nitrogen and oxygen atoms in total. The second-order valence-electron chi connectivity index (χ2n) is 3.36. The first-order chi connectivity index (χ1) is 5.49. The maximum atomic E-state index is 11.4. The molecule has 1 aromatic carbocycles. The minimum Gasteiger partial charge on any atom is -0.508 e. The fourth-order valence-corrected chi connectivity index (χ4v) is 2.14. The number of phenolic OH excluding ortho intramolecular Hbond substituents is 1. The van der Waals surface area contributed by atoms with Crippen molar-refractivity contribution in [3.05, 3.63) is 29.8 Å². The maximum Gasteiger partial charge on any atom is 0.119 e. The van der Waals surface area contributed by atoms with E-state index in [2.05, 4.69) is 0 Å². The molecule has 0 saturated heterocycles. The standard InChI is InChI=1S/C9H13O2P/c1-12(2,11)7-8-5-3-4-6-9(8)10/h3-6,10H,7H2,1-2H3. The molecule has 0 radical (unpaired) electrons. The number of benzene rings is 1. The minimum atomic E-state index is -2.07. The lowest BCUT2D eigenvalue weighted by Crippen LogP contribution is -1.85. The third-order valence-corrected chi connectivity index (χ3v) is 2.64. The summed E-state index contributed by atoms with van der Waals surface area (Å²) in [5.74, 6) is 0.237. The molecule has 3 heteroatoms. The van der Waals surface area contributed by atoms with Gasteiger partial charge >= 0.3 is 0 Å². The first-order valence-electron chi connectivity index (χ1n) is 3.80. The van der Waals surface area contributed by atoms with Crippen LogP contribution in [-0.4, -0.2) is 18.4 Å². The summed E-state index contributed by atoms with van der Waals surface area (Å²) in [6.07, 6.45) is 0.472. The molecule has 0 fully saturated rings. The van der Waals surface area contributed by atoms with Crippen molar-refractivity contribution in [1.29, 1.82) is 0 Å². The zero-order valence-electron chi connectivity index (χ0n) is 7.32. The summed E-state index contributed by atoms with van der Waals surface area (Å²) in [4.78, 5) is 0. The fraction of sp³-hybridized carbons (Fsp3) is 0.333. The molecule has 0 heterocycles. The molecule has 0 spiro atoms. The second-order valence-corrected chi connectivity index (χ2v) is 6.82. The Hall–Kier alpha value is -0.750. The fourth-order valence-electron chi connectivity index (χ4n) is 1.05. The van der Waals surface area contributed by atoms with Gasteiger partial charge in [-0.1, -0.05) is 18.2 Å². The minimum absolute atomic E-state index is 0.237. The Kier molecular flexibility index (Phi) is 2.58. The van der Waals surface area contributed by atoms with Gasteiger partial charge in [-0.05, 0) is 19.4 Å². The summed E-state index contributed by atoms with van der Waals surface area (Å²) in [5.41, 5.74) is 0.769. The third-order valence-electron chi connectivity index (χ3n) is 1.54. The van der Waals surface area contributed by atoms with Crippen LogP contribution >= 0.6 is 7.14 Å². The average molecular weight is 184 g/mol. The zero-order valence-corrected chi connectivity index (χ0v) is 8.21. The van der Waals surface area contributed by atoms with E-state index < -0.39 is 7.14 Å². The molecule has 1 N–H and O–H groups in total. The summed E-state index contributed by atoms with van der Waals surface area (Å²) in [7, 11) is -2.07. The van der Waals surface area contributed by atoms with Gasteiger partial charge in [-0.2, -0.15) is 0 Å². The molecule has 0 amide bonds. The first kappa shape index (κ1) is 9.34. The maximum absolute atomic E-state index is 11.4. The van der Waals surface area contributed by atoms with Crippen molar-refractivity contribution in [3.8, 4) is 5.75 Å². The van der Waals surface area contributed by atoms with Gasteiger partial charge in [-0.25, -0.2) is 0 Å². The molecule has 66 valence electrons. The van der Waals surface area contributed by atoms with Crippen LogP contribution in [0, 0.1) is 0 Å². The highest BCUT2D eigenvalue weighted by Gasteiger charge is 2.10. The van der Waals surface area contributed by atoms with Gasteiger partial charge in [0.1, 0.15) is 5.75 Å². The molecule has 0 bridgehead atoms. The third kappa shape index (κ3) is 2.71. The van der Waals surface area contributed by atoms with E-state index in [-0.39, 0.29) is 5.75 Å². The summed E-state index contributed by atoms with van der Waals surface area (Å²) in [6.45, 7) is 3.44. The van der Waals surface area contributed by atoms with Crippen LogP contribution in [0.5, 0.6) is 5.75 Å². The highest BCUT2D eigenvalue weighted by molar-refractivity contribution is 7.61. The highest BCUT2D eigenvalue weighted by atomic mass is 31.2. The van der Waals surface area contributed by atoms with Gasteiger partial charge < -0.3 is 9.67 Å². The molecule has 1 aromatic rings. The normalized spacial score (nSPS) is 11.5. The highest BCUT2D eigenvalue weighted by Crippen LogP contribution is 2.42. The van der Waals surface area contributed by atoms with E-state index in [1.807, 2.05) is 6.07 Å².